The van der Waals surface area contributed by atoms with Gasteiger partial charge in [-0.1, -0.05) is 122 Å². The van der Waals surface area contributed by atoms with Crippen molar-refractivity contribution in [1.82, 2.24) is 0 Å². The first-order valence-corrected chi connectivity index (χ1v) is 17.4. The molecule has 1 aromatic heterocycles. The molecule has 0 bridgehead atoms. The molecule has 40 heavy (non-hydrogen) atoms. The number of allylic oxidation sites excluding steroid dienone is 2. The van der Waals surface area contributed by atoms with E-state index in [0.29, 0.717) is 11.1 Å². The lowest BCUT2D eigenvalue weighted by atomic mass is 9.97. The second-order valence-electron chi connectivity index (χ2n) is 12.0. The lowest BCUT2D eigenvalue weighted by Crippen LogP contribution is -2.42. The third-order valence-electron chi connectivity index (χ3n) is 9.12. The van der Waals surface area contributed by atoms with Crippen LogP contribution in [-0.4, -0.2) is 8.07 Å². The Kier molecular flexibility index (Phi) is 5.91. The summed E-state index contributed by atoms with van der Waals surface area (Å²) in [5, 5.41) is 0. The monoisotopic (exact) mass is 534 g/mol. The van der Waals surface area contributed by atoms with Crippen LogP contribution < -0.4 is 0 Å². The molecule has 0 aliphatic heterocycles. The molecule has 1 nitrogen and oxygen atoms in total. The van der Waals surface area contributed by atoms with Crippen LogP contribution in [0, 0.1) is 6.92 Å². The van der Waals surface area contributed by atoms with Gasteiger partial charge >= 0.3 is 0 Å². The molecule has 0 saturated heterocycles. The summed E-state index contributed by atoms with van der Waals surface area (Å²) in [6.07, 6.45) is 6.76. The normalized spacial score (nSPS) is 17.8. The number of rotatable bonds is 5. The summed E-state index contributed by atoms with van der Waals surface area (Å²) < 4.78 is 6.23. The molecule has 2 unspecified atom stereocenters. The minimum Gasteiger partial charge on any atom is -0.464 e. The average Bonchev–Trinajstić information content (AvgIpc) is 3.67. The molecule has 196 valence electrons. The number of aryl methyl sites for hydroxylation is 1. The lowest BCUT2D eigenvalue weighted by molar-refractivity contribution is 0.549. The zero-order valence-corrected chi connectivity index (χ0v) is 24.6. The van der Waals surface area contributed by atoms with Gasteiger partial charge in [0.25, 0.3) is 0 Å². The van der Waals surface area contributed by atoms with E-state index in [4.69, 9.17) is 4.42 Å². The summed E-state index contributed by atoms with van der Waals surface area (Å²) in [5.41, 5.74) is 15.6. The predicted octanol–water partition coefficient (Wildman–Crippen LogP) is 10.5. The molecule has 1 heterocycles. The summed E-state index contributed by atoms with van der Waals surface area (Å²) >= 11 is 0. The highest BCUT2D eigenvalue weighted by Crippen LogP contribution is 2.56. The van der Waals surface area contributed by atoms with Gasteiger partial charge in [-0.05, 0) is 76.1 Å². The summed E-state index contributed by atoms with van der Waals surface area (Å²) in [7, 11) is -2.09. The van der Waals surface area contributed by atoms with Crippen LogP contribution in [0.3, 0.4) is 0 Å². The lowest BCUT2D eigenvalue weighted by Gasteiger charge is -2.39. The van der Waals surface area contributed by atoms with Gasteiger partial charge in [-0.15, -0.1) is 0 Å². The van der Waals surface area contributed by atoms with Crippen LogP contribution in [0.4, 0.5) is 0 Å². The van der Waals surface area contributed by atoms with Crippen LogP contribution in [0.2, 0.25) is 13.1 Å². The topological polar surface area (TPSA) is 13.1 Å². The van der Waals surface area contributed by atoms with Crippen molar-refractivity contribution in [2.24, 2.45) is 0 Å². The van der Waals surface area contributed by atoms with Crippen molar-refractivity contribution in [3.8, 4) is 22.3 Å². The molecule has 2 heteroatoms. The molecule has 0 saturated carbocycles. The van der Waals surface area contributed by atoms with E-state index in [1.54, 1.807) is 0 Å². The standard InChI is InChI=1S/C38H34OSi/c1-25-21-22-39-36(25)35-24-34-30(28-15-9-6-10-16-28)18-12-20-32(34)38(35)40(3,4)37-26(2)23-33-29(17-11-19-31(33)37)27-13-7-5-8-14-27/h5-24,37-38H,1-4H3. The van der Waals surface area contributed by atoms with Gasteiger partial charge < -0.3 is 4.42 Å². The molecule has 0 amide bonds. The smallest absolute Gasteiger partial charge is 0.133 e. The largest absolute Gasteiger partial charge is 0.464 e. The van der Waals surface area contributed by atoms with Crippen LogP contribution in [0.1, 0.15) is 51.6 Å². The van der Waals surface area contributed by atoms with E-state index >= 15 is 0 Å². The number of benzene rings is 4. The van der Waals surface area contributed by atoms with E-state index in [9.17, 15) is 0 Å². The zero-order chi connectivity index (χ0) is 27.4. The van der Waals surface area contributed by atoms with Gasteiger partial charge in [0, 0.05) is 16.7 Å². The van der Waals surface area contributed by atoms with Gasteiger partial charge in [0.2, 0.25) is 0 Å². The van der Waals surface area contributed by atoms with Crippen molar-refractivity contribution >= 4 is 25.8 Å². The Morgan fingerprint density at radius 3 is 1.68 bits per heavy atom. The first-order chi connectivity index (χ1) is 19.4. The first-order valence-electron chi connectivity index (χ1n) is 14.3. The molecule has 0 fully saturated rings. The Bertz CT molecular complexity index is 1790. The van der Waals surface area contributed by atoms with Gasteiger partial charge in [0.15, 0.2) is 0 Å². The van der Waals surface area contributed by atoms with E-state index in [0.717, 1.165) is 5.76 Å². The number of furan rings is 1. The van der Waals surface area contributed by atoms with Gasteiger partial charge in [-0.3, -0.25) is 0 Å². The van der Waals surface area contributed by atoms with Crippen LogP contribution in [-0.2, 0) is 0 Å². The van der Waals surface area contributed by atoms with Crippen molar-refractivity contribution in [3.05, 3.63) is 149 Å². The molecule has 2 aliphatic rings. The minimum atomic E-state index is -2.09. The summed E-state index contributed by atoms with van der Waals surface area (Å²) in [6.45, 7) is 9.72. The average molecular weight is 535 g/mol. The number of fused-ring (bicyclic) bond motifs is 2. The van der Waals surface area contributed by atoms with Crippen molar-refractivity contribution in [3.63, 3.8) is 0 Å². The Morgan fingerprint density at radius 1 is 0.575 bits per heavy atom. The maximum Gasteiger partial charge on any atom is 0.133 e. The first kappa shape index (κ1) is 24.9. The van der Waals surface area contributed by atoms with E-state index in [2.05, 4.69) is 142 Å². The SMILES string of the molecule is CC1=Cc2c(-c3ccccc3)cccc2C1[Si](C)(C)C1C(c2occc2C)=Cc2c(-c3ccccc3)cccc21. The second kappa shape index (κ2) is 9.50. The highest BCUT2D eigenvalue weighted by molar-refractivity contribution is 6.83. The molecule has 2 atom stereocenters. The predicted molar refractivity (Wildman–Crippen MR) is 172 cm³/mol. The van der Waals surface area contributed by atoms with Crippen LogP contribution in [0.25, 0.3) is 40.0 Å². The molecule has 0 N–H and O–H groups in total. The van der Waals surface area contributed by atoms with Crippen molar-refractivity contribution in [1.29, 1.82) is 0 Å². The fourth-order valence-corrected chi connectivity index (χ4v) is 12.2. The van der Waals surface area contributed by atoms with E-state index in [-0.39, 0.29) is 0 Å². The Morgan fingerprint density at radius 2 is 1.12 bits per heavy atom. The quantitative estimate of drug-likeness (QED) is 0.204. The fraction of sp³-hybridized carbons (Fsp3) is 0.158. The minimum absolute atomic E-state index is 0.315. The van der Waals surface area contributed by atoms with Gasteiger partial charge in [-0.2, -0.15) is 0 Å². The molecule has 2 aliphatic carbocycles. The van der Waals surface area contributed by atoms with E-state index < -0.39 is 8.07 Å². The summed E-state index contributed by atoms with van der Waals surface area (Å²) in [4.78, 5) is 0. The van der Waals surface area contributed by atoms with Gasteiger partial charge in [0.05, 0.1) is 14.3 Å². The Balaban J connectivity index is 1.41. The molecule has 7 rings (SSSR count). The molecular formula is C38H34OSi. The van der Waals surface area contributed by atoms with Crippen molar-refractivity contribution < 1.29 is 4.42 Å². The maximum atomic E-state index is 6.23. The molecular weight excluding hydrogens is 501 g/mol. The molecule has 0 radical (unpaired) electrons. The number of hydrogen-bond acceptors (Lipinski definition) is 1. The molecule has 5 aromatic rings. The highest BCUT2D eigenvalue weighted by atomic mass is 28.3. The van der Waals surface area contributed by atoms with Crippen LogP contribution in [0.15, 0.2) is 119 Å². The zero-order valence-electron chi connectivity index (χ0n) is 23.6. The molecule has 4 aromatic carbocycles. The van der Waals surface area contributed by atoms with Gasteiger partial charge in [0.1, 0.15) is 5.76 Å². The summed E-state index contributed by atoms with van der Waals surface area (Å²) in [5.74, 6) is 1.04. The molecule has 0 spiro atoms. The van der Waals surface area contributed by atoms with Crippen molar-refractivity contribution in [2.45, 2.75) is 38.0 Å². The number of hydrogen-bond donors (Lipinski definition) is 0. The van der Waals surface area contributed by atoms with E-state index in [1.807, 2.05) is 6.26 Å². The van der Waals surface area contributed by atoms with Gasteiger partial charge in [-0.25, -0.2) is 0 Å². The van der Waals surface area contributed by atoms with Crippen molar-refractivity contribution in [2.75, 3.05) is 0 Å². The van der Waals surface area contributed by atoms with Crippen LogP contribution in [0.5, 0.6) is 0 Å². The van der Waals surface area contributed by atoms with Crippen LogP contribution >= 0.6 is 0 Å². The third-order valence-corrected chi connectivity index (χ3v) is 13.5. The third kappa shape index (κ3) is 3.82. The van der Waals surface area contributed by atoms with E-state index in [1.165, 1.54) is 61.2 Å². The fourth-order valence-electron chi connectivity index (χ4n) is 7.51. The summed E-state index contributed by atoms with van der Waals surface area (Å²) in [6, 6.07) is 37.6. The second-order valence-corrected chi connectivity index (χ2v) is 16.8. The highest BCUT2D eigenvalue weighted by Gasteiger charge is 2.49. The Hall–Kier alpha value is -4.14. The maximum absolute atomic E-state index is 6.23. The Labute approximate surface area is 238 Å².